The lowest BCUT2D eigenvalue weighted by molar-refractivity contribution is -0.145. The Morgan fingerprint density at radius 1 is 1.10 bits per heavy atom. The number of hydrogen-bond acceptors (Lipinski definition) is 4. The van der Waals surface area contributed by atoms with Crippen molar-refractivity contribution in [1.82, 2.24) is 4.90 Å². The van der Waals surface area contributed by atoms with E-state index < -0.39 is 23.7 Å². The van der Waals surface area contributed by atoms with E-state index in [1.54, 1.807) is 0 Å². The van der Waals surface area contributed by atoms with Crippen molar-refractivity contribution in [2.24, 2.45) is 0 Å². The third kappa shape index (κ3) is 3.85. The first kappa shape index (κ1) is 19.5. The molecule has 6 nitrogen and oxygen atoms in total. The minimum Gasteiger partial charge on any atom is -0.481 e. The first-order valence-electron chi connectivity index (χ1n) is 9.83. The molecule has 1 aliphatic carbocycles. The highest BCUT2D eigenvalue weighted by molar-refractivity contribution is 5.79. The molecule has 0 spiro atoms. The predicted molar refractivity (Wildman–Crippen MR) is 108 cm³/mol. The van der Waals surface area contributed by atoms with Crippen molar-refractivity contribution in [2.75, 3.05) is 19.8 Å². The summed E-state index contributed by atoms with van der Waals surface area (Å²) in [6, 6.07) is 15.8. The monoisotopic (exact) mass is 395 g/mol. The highest BCUT2D eigenvalue weighted by Crippen LogP contribution is 2.44. The maximum Gasteiger partial charge on any atom is 0.410 e. The van der Waals surface area contributed by atoms with Crippen LogP contribution >= 0.6 is 0 Å². The second-order valence-electron chi connectivity index (χ2n) is 8.25. The molecule has 1 N–H and O–H groups in total. The van der Waals surface area contributed by atoms with Crippen LogP contribution in [-0.4, -0.2) is 53.5 Å². The first-order valence-corrected chi connectivity index (χ1v) is 9.83. The summed E-state index contributed by atoms with van der Waals surface area (Å²) >= 11 is 0. The number of nitrogens with zero attached hydrogens (tertiary/aromatic N) is 1. The van der Waals surface area contributed by atoms with Crippen molar-refractivity contribution in [3.05, 3.63) is 59.7 Å². The summed E-state index contributed by atoms with van der Waals surface area (Å²) in [5.41, 5.74) is 4.08. The van der Waals surface area contributed by atoms with Crippen LogP contribution in [0.25, 0.3) is 11.1 Å². The van der Waals surface area contributed by atoms with Crippen molar-refractivity contribution in [3.63, 3.8) is 0 Å². The Morgan fingerprint density at radius 2 is 1.69 bits per heavy atom. The van der Waals surface area contributed by atoms with Crippen LogP contribution in [0.1, 0.15) is 37.3 Å². The van der Waals surface area contributed by atoms with Crippen LogP contribution in [-0.2, 0) is 14.3 Å². The third-order valence-electron chi connectivity index (χ3n) is 5.64. The van der Waals surface area contributed by atoms with Crippen LogP contribution in [0.2, 0.25) is 0 Å². The summed E-state index contributed by atoms with van der Waals surface area (Å²) in [4.78, 5) is 25.6. The number of carbonyl (C=O) groups excluding carboxylic acids is 1. The van der Waals surface area contributed by atoms with Gasteiger partial charge in [-0.1, -0.05) is 48.5 Å². The Balaban J connectivity index is 1.52. The van der Waals surface area contributed by atoms with Gasteiger partial charge in [-0.05, 0) is 36.1 Å². The van der Waals surface area contributed by atoms with E-state index in [2.05, 4.69) is 24.3 Å². The molecule has 29 heavy (non-hydrogen) atoms. The van der Waals surface area contributed by atoms with Gasteiger partial charge in [-0.25, -0.2) is 4.79 Å². The molecule has 152 valence electrons. The zero-order valence-electron chi connectivity index (χ0n) is 16.6. The molecule has 0 radical (unpaired) electrons. The van der Waals surface area contributed by atoms with Gasteiger partial charge in [-0.3, -0.25) is 9.69 Å². The van der Waals surface area contributed by atoms with E-state index in [-0.39, 0.29) is 25.6 Å². The number of rotatable bonds is 4. The Bertz CT molecular complexity index is 893. The van der Waals surface area contributed by atoms with Gasteiger partial charge in [0.25, 0.3) is 0 Å². The molecule has 4 rings (SSSR count). The maximum absolute atomic E-state index is 12.9. The SMILES string of the molecule is CC1(C)CN(C(=O)OCC2c3ccccc3-c3ccccc32)C(CC(=O)O)CO1. The van der Waals surface area contributed by atoms with Gasteiger partial charge in [0.15, 0.2) is 0 Å². The maximum atomic E-state index is 12.9. The van der Waals surface area contributed by atoms with Crippen molar-refractivity contribution < 1.29 is 24.2 Å². The molecular formula is C23H25NO5. The number of amides is 1. The fourth-order valence-electron chi connectivity index (χ4n) is 4.26. The van der Waals surface area contributed by atoms with E-state index in [0.717, 1.165) is 11.1 Å². The molecule has 1 aliphatic heterocycles. The van der Waals surface area contributed by atoms with E-state index >= 15 is 0 Å². The largest absolute Gasteiger partial charge is 0.481 e. The quantitative estimate of drug-likeness (QED) is 0.850. The molecule has 0 bridgehead atoms. The summed E-state index contributed by atoms with van der Waals surface area (Å²) in [5.74, 6) is -0.993. The fourth-order valence-corrected chi connectivity index (χ4v) is 4.26. The molecule has 2 aliphatic rings. The van der Waals surface area contributed by atoms with Crippen LogP contribution < -0.4 is 0 Å². The number of carbonyl (C=O) groups is 2. The predicted octanol–water partition coefficient (Wildman–Crippen LogP) is 3.89. The van der Waals surface area contributed by atoms with Crippen LogP contribution in [0, 0.1) is 0 Å². The van der Waals surface area contributed by atoms with Gasteiger partial charge in [0.2, 0.25) is 0 Å². The molecule has 0 aromatic heterocycles. The number of carboxylic acids is 1. The lowest BCUT2D eigenvalue weighted by atomic mass is 9.98. The van der Waals surface area contributed by atoms with Crippen molar-refractivity contribution in [2.45, 2.75) is 37.8 Å². The molecule has 1 unspecified atom stereocenters. The Morgan fingerprint density at radius 3 is 2.28 bits per heavy atom. The summed E-state index contributed by atoms with van der Waals surface area (Å²) < 4.78 is 11.4. The van der Waals surface area contributed by atoms with Crippen molar-refractivity contribution >= 4 is 12.1 Å². The van der Waals surface area contributed by atoms with Gasteiger partial charge in [-0.15, -0.1) is 0 Å². The number of hydrogen-bond donors (Lipinski definition) is 1. The molecule has 2 aromatic carbocycles. The lowest BCUT2D eigenvalue weighted by Gasteiger charge is -2.42. The van der Waals surface area contributed by atoms with E-state index in [9.17, 15) is 14.7 Å². The molecule has 0 saturated carbocycles. The van der Waals surface area contributed by atoms with E-state index in [1.807, 2.05) is 38.1 Å². The zero-order valence-corrected chi connectivity index (χ0v) is 16.6. The topological polar surface area (TPSA) is 76.1 Å². The summed E-state index contributed by atoms with van der Waals surface area (Å²) in [7, 11) is 0. The van der Waals surface area contributed by atoms with E-state index in [1.165, 1.54) is 16.0 Å². The fraction of sp³-hybridized carbons (Fsp3) is 0.391. The van der Waals surface area contributed by atoms with Crippen LogP contribution in [0.15, 0.2) is 48.5 Å². The van der Waals surface area contributed by atoms with Gasteiger partial charge in [0.05, 0.1) is 31.2 Å². The van der Waals surface area contributed by atoms with Crippen molar-refractivity contribution in [3.8, 4) is 11.1 Å². The molecular weight excluding hydrogens is 370 g/mol. The van der Waals surface area contributed by atoms with Gasteiger partial charge >= 0.3 is 12.1 Å². The average Bonchev–Trinajstić information content (AvgIpc) is 3.01. The summed E-state index contributed by atoms with van der Waals surface area (Å²) in [5, 5.41) is 9.18. The van der Waals surface area contributed by atoms with Gasteiger partial charge in [0.1, 0.15) is 6.61 Å². The number of benzene rings is 2. The van der Waals surface area contributed by atoms with Crippen LogP contribution in [0.4, 0.5) is 4.79 Å². The molecule has 1 saturated heterocycles. The highest BCUT2D eigenvalue weighted by atomic mass is 16.6. The standard InChI is InChI=1S/C23H25NO5/c1-23(2)14-24(15(12-29-23)11-21(25)26)22(27)28-13-20-18-9-5-3-7-16(18)17-8-4-6-10-19(17)20/h3-10,15,20H,11-14H2,1-2H3,(H,25,26). The van der Waals surface area contributed by atoms with Crippen molar-refractivity contribution in [1.29, 1.82) is 0 Å². The number of ether oxygens (including phenoxy) is 2. The molecule has 1 fully saturated rings. The van der Waals surface area contributed by atoms with Gasteiger partial charge in [-0.2, -0.15) is 0 Å². The number of morpholine rings is 1. The molecule has 6 heteroatoms. The Kier molecular flexibility index (Phi) is 5.04. The molecule has 1 amide bonds. The summed E-state index contributed by atoms with van der Waals surface area (Å²) in [6.45, 7) is 4.46. The van der Waals surface area contributed by atoms with Gasteiger partial charge < -0.3 is 14.6 Å². The van der Waals surface area contributed by atoms with E-state index in [4.69, 9.17) is 9.47 Å². The lowest BCUT2D eigenvalue weighted by Crippen LogP contribution is -2.56. The van der Waals surface area contributed by atoms with Crippen LogP contribution in [0.3, 0.4) is 0 Å². The Labute approximate surface area is 170 Å². The summed E-state index contributed by atoms with van der Waals surface area (Å²) in [6.07, 6.45) is -0.658. The van der Waals surface area contributed by atoms with Gasteiger partial charge in [0, 0.05) is 5.92 Å². The third-order valence-corrected chi connectivity index (χ3v) is 5.64. The highest BCUT2D eigenvalue weighted by Gasteiger charge is 2.39. The second-order valence-corrected chi connectivity index (χ2v) is 8.25. The number of carboxylic acid groups (broad SMARTS) is 1. The minimum atomic E-state index is -0.963. The normalized spacial score (nSPS) is 20.1. The Hall–Kier alpha value is -2.86. The molecule has 2 aromatic rings. The number of fused-ring (bicyclic) bond motifs is 3. The number of aliphatic carboxylic acids is 1. The zero-order chi connectivity index (χ0) is 20.6. The van der Waals surface area contributed by atoms with E-state index in [0.29, 0.717) is 6.54 Å². The molecule has 1 atom stereocenters. The average molecular weight is 395 g/mol. The second kappa shape index (κ2) is 7.52. The smallest absolute Gasteiger partial charge is 0.410 e. The minimum absolute atomic E-state index is 0.0293. The van der Waals surface area contributed by atoms with Crippen LogP contribution in [0.5, 0.6) is 0 Å². The first-order chi connectivity index (χ1) is 13.9. The molecule has 1 heterocycles.